The first-order chi connectivity index (χ1) is 12.6. The number of ether oxygens (including phenoxy) is 1. The second-order valence-electron chi connectivity index (χ2n) is 6.72. The van der Waals surface area contributed by atoms with E-state index in [0.29, 0.717) is 0 Å². The number of phenols is 2. The number of benzene rings is 1. The SMILES string of the molecule is C[C@@H]1OC(=O)c2c(O)cc(O)cc2CCCC(=O)C(=O)C(=O)CC(F)[C@@H]1C. The van der Waals surface area contributed by atoms with Gasteiger partial charge in [-0.25, -0.2) is 9.18 Å². The van der Waals surface area contributed by atoms with Gasteiger partial charge in [0.05, 0.1) is 0 Å². The standard InChI is InChI=1S/C19H21FO7/c1-9-10(2)27-19(26)17-11(6-12(21)7-15(17)23)4-3-5-14(22)18(25)16(24)8-13(9)20/h6-7,9-10,13,21,23H,3-5,8H2,1-2H3/t9-,10+,13?/m1/s1. The number of rotatable bonds is 0. The Bertz CT molecular complexity index is 787. The minimum absolute atomic E-state index is 0.0786. The quantitative estimate of drug-likeness (QED) is 0.522. The maximum atomic E-state index is 14.3. The highest BCUT2D eigenvalue weighted by Gasteiger charge is 2.32. The summed E-state index contributed by atoms with van der Waals surface area (Å²) in [5.41, 5.74) is 0.0342. The van der Waals surface area contributed by atoms with Crippen LogP contribution in [0, 0.1) is 5.92 Å². The lowest BCUT2D eigenvalue weighted by atomic mass is 9.93. The molecule has 0 amide bonds. The van der Waals surface area contributed by atoms with Crippen LogP contribution >= 0.6 is 0 Å². The summed E-state index contributed by atoms with van der Waals surface area (Å²) in [6.07, 6.45) is -3.62. The number of hydrogen-bond acceptors (Lipinski definition) is 7. The Morgan fingerprint density at radius 1 is 1.04 bits per heavy atom. The highest BCUT2D eigenvalue weighted by atomic mass is 19.1. The molecule has 1 heterocycles. The van der Waals surface area contributed by atoms with Crippen LogP contribution in [-0.2, 0) is 25.5 Å². The molecule has 27 heavy (non-hydrogen) atoms. The van der Waals surface area contributed by atoms with E-state index in [0.717, 1.165) is 6.07 Å². The molecule has 1 aromatic carbocycles. The van der Waals surface area contributed by atoms with E-state index in [1.54, 1.807) is 0 Å². The van der Waals surface area contributed by atoms with Crippen molar-refractivity contribution in [2.24, 2.45) is 5.92 Å². The van der Waals surface area contributed by atoms with Crippen molar-refractivity contribution >= 4 is 23.3 Å². The second-order valence-corrected chi connectivity index (χ2v) is 6.72. The van der Waals surface area contributed by atoms with Gasteiger partial charge < -0.3 is 14.9 Å². The first kappa shape index (κ1) is 20.5. The fourth-order valence-electron chi connectivity index (χ4n) is 2.90. The molecular formula is C19H21FO7. The number of phenolic OH excluding ortho intramolecular Hbond substituents is 2. The summed E-state index contributed by atoms with van der Waals surface area (Å²) in [5, 5.41) is 19.7. The van der Waals surface area contributed by atoms with E-state index in [1.165, 1.54) is 19.9 Å². The molecule has 3 atom stereocenters. The molecule has 1 unspecified atom stereocenters. The van der Waals surface area contributed by atoms with Gasteiger partial charge in [-0.2, -0.15) is 0 Å². The second kappa shape index (κ2) is 8.28. The molecule has 0 fully saturated rings. The molecule has 1 aromatic rings. The van der Waals surface area contributed by atoms with Crippen LogP contribution in [0.5, 0.6) is 11.5 Å². The summed E-state index contributed by atoms with van der Waals surface area (Å²) in [4.78, 5) is 48.0. The molecule has 0 aromatic heterocycles. The third kappa shape index (κ3) is 4.69. The molecule has 2 N–H and O–H groups in total. The van der Waals surface area contributed by atoms with Gasteiger partial charge in [-0.3, -0.25) is 14.4 Å². The molecule has 2 rings (SSSR count). The van der Waals surface area contributed by atoms with E-state index >= 15 is 0 Å². The van der Waals surface area contributed by atoms with Crippen molar-refractivity contribution in [2.45, 2.75) is 51.8 Å². The predicted molar refractivity (Wildman–Crippen MR) is 91.3 cm³/mol. The van der Waals surface area contributed by atoms with Gasteiger partial charge in [-0.1, -0.05) is 6.92 Å². The Balaban J connectivity index is 2.42. The fourth-order valence-corrected chi connectivity index (χ4v) is 2.90. The van der Waals surface area contributed by atoms with Crippen molar-refractivity contribution in [3.8, 4) is 11.5 Å². The van der Waals surface area contributed by atoms with Crippen molar-refractivity contribution in [3.63, 3.8) is 0 Å². The number of cyclic esters (lactones) is 1. The lowest BCUT2D eigenvalue weighted by Gasteiger charge is -2.24. The molecule has 7 nitrogen and oxygen atoms in total. The Morgan fingerprint density at radius 3 is 2.37 bits per heavy atom. The van der Waals surface area contributed by atoms with Gasteiger partial charge in [0, 0.05) is 24.8 Å². The first-order valence-corrected chi connectivity index (χ1v) is 8.62. The average Bonchev–Trinajstić information content (AvgIpc) is 2.58. The zero-order valence-electron chi connectivity index (χ0n) is 15.0. The monoisotopic (exact) mass is 380 g/mol. The molecule has 8 heteroatoms. The molecular weight excluding hydrogens is 359 g/mol. The van der Waals surface area contributed by atoms with Crippen molar-refractivity contribution in [1.29, 1.82) is 0 Å². The van der Waals surface area contributed by atoms with Crippen LogP contribution in [0.3, 0.4) is 0 Å². The minimum Gasteiger partial charge on any atom is -0.508 e. The number of carbonyl (C=O) groups is 4. The minimum atomic E-state index is -1.78. The lowest BCUT2D eigenvalue weighted by molar-refractivity contribution is -0.144. The van der Waals surface area contributed by atoms with Gasteiger partial charge in [0.15, 0.2) is 0 Å². The van der Waals surface area contributed by atoms with Gasteiger partial charge in [0.2, 0.25) is 11.6 Å². The van der Waals surface area contributed by atoms with Gasteiger partial charge in [0.1, 0.15) is 29.3 Å². The third-order valence-corrected chi connectivity index (χ3v) is 4.73. The van der Waals surface area contributed by atoms with Crippen molar-refractivity contribution in [1.82, 2.24) is 0 Å². The lowest BCUT2D eigenvalue weighted by Crippen LogP contribution is -2.34. The number of Topliss-reactive ketones (excluding diaryl/α,β-unsaturated/α-hetero) is 3. The van der Waals surface area contributed by atoms with Gasteiger partial charge in [-0.15, -0.1) is 0 Å². The maximum Gasteiger partial charge on any atom is 0.342 e. The molecule has 0 saturated heterocycles. The predicted octanol–water partition coefficient (Wildman–Crippen LogP) is 2.05. The summed E-state index contributed by atoms with van der Waals surface area (Å²) in [5.74, 6) is -5.90. The number of alkyl halides is 1. The normalized spacial score (nSPS) is 25.5. The van der Waals surface area contributed by atoms with E-state index in [1.807, 2.05) is 0 Å². The number of aryl methyl sites for hydroxylation is 1. The number of hydrogen-bond donors (Lipinski definition) is 2. The average molecular weight is 380 g/mol. The van der Waals surface area contributed by atoms with E-state index < -0.39 is 53.7 Å². The molecule has 0 radical (unpaired) electrons. The van der Waals surface area contributed by atoms with Crippen LogP contribution in [0.15, 0.2) is 12.1 Å². The van der Waals surface area contributed by atoms with Crippen LogP contribution in [0.4, 0.5) is 4.39 Å². The van der Waals surface area contributed by atoms with Crippen molar-refractivity contribution < 1.29 is 38.5 Å². The summed E-state index contributed by atoms with van der Waals surface area (Å²) in [7, 11) is 0. The van der Waals surface area contributed by atoms with Crippen LogP contribution in [0.25, 0.3) is 0 Å². The molecule has 146 valence electrons. The maximum absolute atomic E-state index is 14.3. The molecule has 0 spiro atoms. The van der Waals surface area contributed by atoms with E-state index in [4.69, 9.17) is 4.74 Å². The highest BCUT2D eigenvalue weighted by Crippen LogP contribution is 2.30. The fraction of sp³-hybridized carbons (Fsp3) is 0.474. The van der Waals surface area contributed by atoms with Crippen LogP contribution in [-0.4, -0.2) is 45.8 Å². The summed E-state index contributed by atoms with van der Waals surface area (Å²) >= 11 is 0. The summed E-state index contributed by atoms with van der Waals surface area (Å²) < 4.78 is 19.6. The zero-order chi connectivity index (χ0) is 20.3. The Morgan fingerprint density at radius 2 is 1.70 bits per heavy atom. The Labute approximate surface area is 155 Å². The number of esters is 1. The molecule has 0 aliphatic carbocycles. The van der Waals surface area contributed by atoms with E-state index in [9.17, 15) is 33.8 Å². The number of carbonyl (C=O) groups excluding carboxylic acids is 4. The highest BCUT2D eigenvalue weighted by molar-refractivity contribution is 6.63. The topological polar surface area (TPSA) is 118 Å². The van der Waals surface area contributed by atoms with Crippen LogP contribution < -0.4 is 0 Å². The smallest absolute Gasteiger partial charge is 0.342 e. The van der Waals surface area contributed by atoms with E-state index in [-0.39, 0.29) is 36.1 Å². The first-order valence-electron chi connectivity index (χ1n) is 8.62. The van der Waals surface area contributed by atoms with Crippen LogP contribution in [0.1, 0.15) is 49.0 Å². The zero-order valence-corrected chi connectivity index (χ0v) is 15.0. The number of fused-ring (bicyclic) bond motifs is 1. The van der Waals surface area contributed by atoms with Crippen molar-refractivity contribution in [3.05, 3.63) is 23.3 Å². The largest absolute Gasteiger partial charge is 0.508 e. The number of aromatic hydroxyl groups is 2. The molecule has 0 saturated carbocycles. The third-order valence-electron chi connectivity index (χ3n) is 4.73. The van der Waals surface area contributed by atoms with Gasteiger partial charge in [0.25, 0.3) is 5.78 Å². The van der Waals surface area contributed by atoms with Gasteiger partial charge in [-0.05, 0) is 31.4 Å². The summed E-state index contributed by atoms with van der Waals surface area (Å²) in [6, 6.07) is 2.22. The Hall–Kier alpha value is -2.77. The molecule has 1 aliphatic heterocycles. The van der Waals surface area contributed by atoms with Crippen molar-refractivity contribution in [2.75, 3.05) is 0 Å². The summed E-state index contributed by atoms with van der Waals surface area (Å²) in [6.45, 7) is 2.83. The molecule has 0 bridgehead atoms. The number of ketones is 3. The Kier molecular flexibility index (Phi) is 6.30. The molecule has 1 aliphatic rings. The van der Waals surface area contributed by atoms with E-state index in [2.05, 4.69) is 0 Å². The van der Waals surface area contributed by atoms with Crippen LogP contribution in [0.2, 0.25) is 0 Å². The number of halogens is 1. The van der Waals surface area contributed by atoms with Gasteiger partial charge >= 0.3 is 5.97 Å².